The van der Waals surface area contributed by atoms with Gasteiger partial charge in [0.2, 0.25) is 0 Å². The molecular weight excluding hydrogens is 302 g/mol. The van der Waals surface area contributed by atoms with Crippen LogP contribution in [-0.4, -0.2) is 44.2 Å². The van der Waals surface area contributed by atoms with Gasteiger partial charge in [0.05, 0.1) is 0 Å². The maximum absolute atomic E-state index is 5.63. The molecule has 1 aromatic rings. The van der Waals surface area contributed by atoms with E-state index >= 15 is 0 Å². The molecule has 19 heavy (non-hydrogen) atoms. The van der Waals surface area contributed by atoms with Gasteiger partial charge in [-0.2, -0.15) is 0 Å². The van der Waals surface area contributed by atoms with E-state index in [1.165, 1.54) is 22.1 Å². The molecule has 0 bridgehead atoms. The summed E-state index contributed by atoms with van der Waals surface area (Å²) in [5.74, 6) is 0. The Kier molecular flexibility index (Phi) is 5.25. The number of benzene rings is 1. The van der Waals surface area contributed by atoms with Crippen molar-refractivity contribution in [2.45, 2.75) is 25.8 Å². The zero-order valence-corrected chi connectivity index (χ0v) is 13.5. The third-order valence-corrected chi connectivity index (χ3v) is 4.80. The lowest BCUT2D eigenvalue weighted by molar-refractivity contribution is 0.213. The van der Waals surface area contributed by atoms with E-state index in [-0.39, 0.29) is 0 Å². The highest BCUT2D eigenvalue weighted by Crippen LogP contribution is 2.26. The van der Waals surface area contributed by atoms with Gasteiger partial charge in [0.25, 0.3) is 0 Å². The summed E-state index contributed by atoms with van der Waals surface area (Å²) < 4.78 is 1.18. The molecule has 1 fully saturated rings. The van der Waals surface area contributed by atoms with Crippen molar-refractivity contribution in [2.75, 3.05) is 38.1 Å². The molecule has 4 heteroatoms. The van der Waals surface area contributed by atoms with Gasteiger partial charge in [-0.1, -0.05) is 28.9 Å². The van der Waals surface area contributed by atoms with E-state index < -0.39 is 0 Å². The van der Waals surface area contributed by atoms with Crippen molar-refractivity contribution in [3.63, 3.8) is 0 Å². The lowest BCUT2D eigenvalue weighted by Crippen LogP contribution is -2.51. The first-order valence-electron chi connectivity index (χ1n) is 7.09. The highest BCUT2D eigenvalue weighted by atomic mass is 79.9. The van der Waals surface area contributed by atoms with Gasteiger partial charge in [0, 0.05) is 35.8 Å². The minimum Gasteiger partial charge on any atom is -0.369 e. The van der Waals surface area contributed by atoms with Gasteiger partial charge in [0.15, 0.2) is 0 Å². The lowest BCUT2D eigenvalue weighted by atomic mass is 10.1. The average molecular weight is 326 g/mol. The van der Waals surface area contributed by atoms with Crippen LogP contribution in [-0.2, 0) is 6.42 Å². The molecule has 0 radical (unpaired) electrons. The fourth-order valence-corrected chi connectivity index (χ4v) is 3.28. The molecule has 1 aromatic carbocycles. The van der Waals surface area contributed by atoms with Gasteiger partial charge < -0.3 is 10.6 Å². The van der Waals surface area contributed by atoms with Gasteiger partial charge in [-0.3, -0.25) is 4.90 Å². The van der Waals surface area contributed by atoms with Gasteiger partial charge in [-0.25, -0.2) is 0 Å². The number of nitrogens with two attached hydrogens (primary N) is 1. The molecule has 0 spiro atoms. The molecule has 1 heterocycles. The number of rotatable bonds is 4. The van der Waals surface area contributed by atoms with Gasteiger partial charge >= 0.3 is 0 Å². The van der Waals surface area contributed by atoms with Gasteiger partial charge in [0.1, 0.15) is 0 Å². The second-order valence-corrected chi connectivity index (χ2v) is 6.16. The molecule has 1 saturated heterocycles. The maximum Gasteiger partial charge on any atom is 0.0378 e. The number of halogens is 1. The Morgan fingerprint density at radius 2 is 2.16 bits per heavy atom. The van der Waals surface area contributed by atoms with Crippen molar-refractivity contribution in [1.29, 1.82) is 0 Å². The molecule has 0 aromatic heterocycles. The minimum atomic E-state index is 0.663. The first-order valence-corrected chi connectivity index (χ1v) is 7.88. The molecule has 1 atom stereocenters. The van der Waals surface area contributed by atoms with E-state index in [1.807, 2.05) is 0 Å². The lowest BCUT2D eigenvalue weighted by Gasteiger charge is -2.40. The van der Waals surface area contributed by atoms with Crippen LogP contribution in [0, 0.1) is 0 Å². The summed E-state index contributed by atoms with van der Waals surface area (Å²) in [6.07, 6.45) is 2.14. The summed E-state index contributed by atoms with van der Waals surface area (Å²) in [5.41, 5.74) is 8.24. The van der Waals surface area contributed by atoms with Crippen LogP contribution < -0.4 is 10.6 Å². The standard InChI is InChI=1S/C15H24BrN3/c1-3-13-11-19(9-8-18(13)2)14-5-4-12(6-7-17)15(16)10-14/h4-5,10,13H,3,6-9,11,17H2,1-2H3. The SMILES string of the molecule is CCC1CN(c2ccc(CCN)c(Br)c2)CCN1C. The van der Waals surface area contributed by atoms with Crippen molar-refractivity contribution in [3.05, 3.63) is 28.2 Å². The molecule has 0 amide bonds. The number of anilines is 1. The van der Waals surface area contributed by atoms with Crippen LogP contribution in [0.4, 0.5) is 5.69 Å². The molecule has 2 rings (SSSR count). The number of hydrogen-bond donors (Lipinski definition) is 1. The monoisotopic (exact) mass is 325 g/mol. The molecule has 3 nitrogen and oxygen atoms in total. The fraction of sp³-hybridized carbons (Fsp3) is 0.600. The van der Waals surface area contributed by atoms with Crippen LogP contribution in [0.15, 0.2) is 22.7 Å². The Hall–Kier alpha value is -0.580. The summed E-state index contributed by atoms with van der Waals surface area (Å²) in [6, 6.07) is 7.33. The minimum absolute atomic E-state index is 0.663. The fourth-order valence-electron chi connectivity index (χ4n) is 2.71. The van der Waals surface area contributed by atoms with Crippen molar-refractivity contribution >= 4 is 21.6 Å². The van der Waals surface area contributed by atoms with E-state index in [2.05, 4.69) is 57.9 Å². The average Bonchev–Trinajstić information content (AvgIpc) is 2.42. The predicted molar refractivity (Wildman–Crippen MR) is 85.8 cm³/mol. The maximum atomic E-state index is 5.63. The molecule has 106 valence electrons. The first-order chi connectivity index (χ1) is 9.15. The zero-order chi connectivity index (χ0) is 13.8. The van der Waals surface area contributed by atoms with Crippen LogP contribution >= 0.6 is 15.9 Å². The number of piperazine rings is 1. The summed E-state index contributed by atoms with van der Waals surface area (Å²) in [7, 11) is 2.23. The number of likely N-dealkylation sites (N-methyl/N-ethyl adjacent to an activating group) is 1. The Morgan fingerprint density at radius 1 is 1.37 bits per heavy atom. The van der Waals surface area contributed by atoms with Crippen LogP contribution in [0.2, 0.25) is 0 Å². The summed E-state index contributed by atoms with van der Waals surface area (Å²) in [6.45, 7) is 6.33. The summed E-state index contributed by atoms with van der Waals surface area (Å²) >= 11 is 3.67. The largest absolute Gasteiger partial charge is 0.369 e. The van der Waals surface area contributed by atoms with E-state index in [1.54, 1.807) is 0 Å². The van der Waals surface area contributed by atoms with E-state index in [9.17, 15) is 0 Å². The van der Waals surface area contributed by atoms with Crippen molar-refractivity contribution < 1.29 is 0 Å². The third kappa shape index (κ3) is 3.50. The van der Waals surface area contributed by atoms with Gasteiger partial charge in [-0.05, 0) is 44.1 Å². The molecule has 1 aliphatic heterocycles. The highest BCUT2D eigenvalue weighted by molar-refractivity contribution is 9.10. The topological polar surface area (TPSA) is 32.5 Å². The van der Waals surface area contributed by atoms with Gasteiger partial charge in [-0.15, -0.1) is 0 Å². The molecular formula is C15H24BrN3. The molecule has 1 aliphatic rings. The Bertz CT molecular complexity index is 422. The molecule has 0 saturated carbocycles. The van der Waals surface area contributed by atoms with E-state index in [4.69, 9.17) is 5.73 Å². The van der Waals surface area contributed by atoms with E-state index in [0.717, 1.165) is 26.1 Å². The second-order valence-electron chi connectivity index (χ2n) is 5.30. The Balaban J connectivity index is 2.11. The van der Waals surface area contributed by atoms with Crippen molar-refractivity contribution in [2.24, 2.45) is 5.73 Å². The normalized spacial score (nSPS) is 20.8. The third-order valence-electron chi connectivity index (χ3n) is 4.06. The van der Waals surface area contributed by atoms with Crippen LogP contribution in [0.3, 0.4) is 0 Å². The summed E-state index contributed by atoms with van der Waals surface area (Å²) in [4.78, 5) is 4.96. The van der Waals surface area contributed by atoms with Crippen LogP contribution in [0.25, 0.3) is 0 Å². The molecule has 2 N–H and O–H groups in total. The predicted octanol–water partition coefficient (Wildman–Crippen LogP) is 2.48. The van der Waals surface area contributed by atoms with Crippen molar-refractivity contribution in [1.82, 2.24) is 4.90 Å². The Labute approximate surface area is 124 Å². The van der Waals surface area contributed by atoms with Crippen LogP contribution in [0.1, 0.15) is 18.9 Å². The molecule has 1 unspecified atom stereocenters. The smallest absolute Gasteiger partial charge is 0.0378 e. The van der Waals surface area contributed by atoms with E-state index in [0.29, 0.717) is 12.6 Å². The quantitative estimate of drug-likeness (QED) is 0.923. The van der Waals surface area contributed by atoms with Crippen molar-refractivity contribution in [3.8, 4) is 0 Å². The second kappa shape index (κ2) is 6.73. The number of nitrogens with zero attached hydrogens (tertiary/aromatic N) is 2. The zero-order valence-electron chi connectivity index (χ0n) is 11.9. The Morgan fingerprint density at radius 3 is 2.79 bits per heavy atom. The molecule has 0 aliphatic carbocycles. The highest BCUT2D eigenvalue weighted by Gasteiger charge is 2.23. The first kappa shape index (κ1) is 14.8. The van der Waals surface area contributed by atoms with Crippen LogP contribution in [0.5, 0.6) is 0 Å². The number of hydrogen-bond acceptors (Lipinski definition) is 3. The summed E-state index contributed by atoms with van der Waals surface area (Å²) in [5, 5.41) is 0.